The van der Waals surface area contributed by atoms with E-state index in [1.54, 1.807) is 17.3 Å². The van der Waals surface area contributed by atoms with E-state index < -0.39 is 6.10 Å². The molecule has 0 aromatic heterocycles. The average Bonchev–Trinajstić information content (AvgIpc) is 3.07. The monoisotopic (exact) mass is 438 g/mol. The molecule has 0 bridgehead atoms. The fourth-order valence-corrected chi connectivity index (χ4v) is 8.68. The molecule has 4 fully saturated rings. The molecule has 1 aromatic rings. The second-order valence-electron chi connectivity index (χ2n) is 10.9. The molecule has 1 spiro atoms. The van der Waals surface area contributed by atoms with Crippen LogP contribution < -0.4 is 0 Å². The smallest absolute Gasteiger partial charge is 0.162 e. The minimum atomic E-state index is -0.796. The number of ether oxygens (including phenoxy) is 1. The maximum Gasteiger partial charge on any atom is 0.162 e. The van der Waals surface area contributed by atoms with Gasteiger partial charge in [-0.1, -0.05) is 30.2 Å². The number of allylic oxidation sites excluding steroid dienone is 1. The summed E-state index contributed by atoms with van der Waals surface area (Å²) in [5.41, 5.74) is 4.78. The van der Waals surface area contributed by atoms with E-state index in [1.165, 1.54) is 41.7 Å². The number of fused-ring (bicyclic) bond motifs is 5. The van der Waals surface area contributed by atoms with Crippen molar-refractivity contribution >= 4 is 17.5 Å². The first kappa shape index (κ1) is 20.5. The third kappa shape index (κ3) is 2.83. The van der Waals surface area contributed by atoms with Crippen LogP contribution in [-0.2, 0) is 9.53 Å². The molecule has 6 rings (SSSR count). The molecule has 0 amide bonds. The average molecular weight is 439 g/mol. The number of benzene rings is 1. The standard InChI is InChI=1S/C27H34O3S/c1-26-15-21(16-3-6-18(31-2)7-4-16)25-19(22(26)9-10-27(26)11-12-30-27)8-5-17-13-23(28)24(29)14-20(17)25/h3-4,6-7,17,19,21-22,24,29H,5,8-15H2,1-2H3/t17?,19-,21+,22-,24?,26-,27?/m0/s1. The fraction of sp³-hybridized carbons (Fsp3) is 0.667. The molecule has 1 N–H and O–H groups in total. The van der Waals surface area contributed by atoms with Crippen LogP contribution in [0.2, 0.25) is 0 Å². The summed E-state index contributed by atoms with van der Waals surface area (Å²) in [7, 11) is 0. The maximum atomic E-state index is 12.3. The molecule has 5 aliphatic rings. The van der Waals surface area contributed by atoms with E-state index in [2.05, 4.69) is 37.4 Å². The van der Waals surface area contributed by atoms with Crippen molar-refractivity contribution in [2.45, 2.75) is 80.8 Å². The molecule has 1 aromatic carbocycles. The summed E-state index contributed by atoms with van der Waals surface area (Å²) in [6.07, 6.45) is 9.58. The third-order valence-electron chi connectivity index (χ3n) is 9.93. The minimum Gasteiger partial charge on any atom is -0.385 e. The molecule has 1 heterocycles. The molecular weight excluding hydrogens is 404 g/mol. The van der Waals surface area contributed by atoms with Crippen molar-refractivity contribution in [3.05, 3.63) is 41.0 Å². The van der Waals surface area contributed by atoms with E-state index in [0.717, 1.165) is 19.4 Å². The predicted molar refractivity (Wildman–Crippen MR) is 123 cm³/mol. The number of ketones is 1. The van der Waals surface area contributed by atoms with Gasteiger partial charge in [0.05, 0.1) is 12.2 Å². The number of carbonyl (C=O) groups is 1. The number of hydrogen-bond donors (Lipinski definition) is 1. The highest BCUT2D eigenvalue weighted by atomic mass is 32.2. The molecule has 1 aliphatic heterocycles. The van der Waals surface area contributed by atoms with Crippen molar-refractivity contribution in [3.8, 4) is 0 Å². The molecule has 4 aliphatic carbocycles. The van der Waals surface area contributed by atoms with Gasteiger partial charge in [0.1, 0.15) is 6.10 Å². The summed E-state index contributed by atoms with van der Waals surface area (Å²) >= 11 is 1.79. The number of carbonyl (C=O) groups excluding carboxylic acids is 1. The Morgan fingerprint density at radius 1 is 1.10 bits per heavy atom. The van der Waals surface area contributed by atoms with Crippen molar-refractivity contribution < 1.29 is 14.6 Å². The Bertz CT molecular complexity index is 930. The lowest BCUT2D eigenvalue weighted by molar-refractivity contribution is -0.217. The van der Waals surface area contributed by atoms with Crippen molar-refractivity contribution in [2.75, 3.05) is 12.9 Å². The predicted octanol–water partition coefficient (Wildman–Crippen LogP) is 5.52. The van der Waals surface area contributed by atoms with Crippen molar-refractivity contribution in [2.24, 2.45) is 23.2 Å². The molecule has 7 atom stereocenters. The molecule has 4 heteroatoms. The van der Waals surface area contributed by atoms with Crippen LogP contribution in [0.15, 0.2) is 40.3 Å². The summed E-state index contributed by atoms with van der Waals surface area (Å²) in [6.45, 7) is 3.45. The number of aliphatic hydroxyl groups excluding tert-OH is 1. The number of aliphatic hydroxyl groups is 1. The lowest BCUT2D eigenvalue weighted by Crippen LogP contribution is -2.58. The molecule has 3 saturated carbocycles. The van der Waals surface area contributed by atoms with Crippen LogP contribution in [-0.4, -0.2) is 35.5 Å². The molecular formula is C27H34O3S. The van der Waals surface area contributed by atoms with Crippen molar-refractivity contribution in [1.82, 2.24) is 0 Å². The van der Waals surface area contributed by atoms with E-state index in [1.807, 2.05) is 0 Å². The van der Waals surface area contributed by atoms with Gasteiger partial charge in [0.15, 0.2) is 5.78 Å². The van der Waals surface area contributed by atoms with Gasteiger partial charge < -0.3 is 9.84 Å². The van der Waals surface area contributed by atoms with Crippen LogP contribution in [0, 0.1) is 23.2 Å². The van der Waals surface area contributed by atoms with Crippen LogP contribution in [0.25, 0.3) is 0 Å². The molecule has 3 unspecified atom stereocenters. The van der Waals surface area contributed by atoms with Crippen LogP contribution in [0.5, 0.6) is 0 Å². The van der Waals surface area contributed by atoms with Crippen LogP contribution in [0.3, 0.4) is 0 Å². The Morgan fingerprint density at radius 3 is 2.55 bits per heavy atom. The fourth-order valence-electron chi connectivity index (χ4n) is 8.27. The molecule has 166 valence electrons. The molecule has 0 radical (unpaired) electrons. The Kier molecular flexibility index (Phi) is 4.76. The van der Waals surface area contributed by atoms with Gasteiger partial charge in [-0.3, -0.25) is 4.79 Å². The minimum absolute atomic E-state index is 0.0528. The lowest BCUT2D eigenvalue weighted by Gasteiger charge is -2.59. The molecule has 3 nitrogen and oxygen atoms in total. The number of Topliss-reactive ketones (excluding diaryl/α,β-unsaturated/α-hetero) is 1. The van der Waals surface area contributed by atoms with Gasteiger partial charge in [-0.15, -0.1) is 11.8 Å². The zero-order valence-corrected chi connectivity index (χ0v) is 19.5. The van der Waals surface area contributed by atoms with Gasteiger partial charge in [-0.05, 0) is 73.8 Å². The Morgan fingerprint density at radius 2 is 1.87 bits per heavy atom. The van der Waals surface area contributed by atoms with E-state index in [0.29, 0.717) is 36.5 Å². The Balaban J connectivity index is 1.49. The van der Waals surface area contributed by atoms with Crippen LogP contribution in [0.4, 0.5) is 0 Å². The summed E-state index contributed by atoms with van der Waals surface area (Å²) in [6, 6.07) is 9.20. The third-order valence-corrected chi connectivity index (χ3v) is 10.7. The normalized spacial score (nSPS) is 44.0. The van der Waals surface area contributed by atoms with E-state index in [9.17, 15) is 9.90 Å². The Hall–Kier alpha value is -1.10. The number of thioether (sulfide) groups is 1. The zero-order chi connectivity index (χ0) is 21.4. The van der Waals surface area contributed by atoms with E-state index >= 15 is 0 Å². The van der Waals surface area contributed by atoms with E-state index in [4.69, 9.17) is 4.74 Å². The first-order valence-corrected chi connectivity index (χ1v) is 13.4. The summed E-state index contributed by atoms with van der Waals surface area (Å²) in [5, 5.41) is 10.5. The topological polar surface area (TPSA) is 46.5 Å². The largest absolute Gasteiger partial charge is 0.385 e. The van der Waals surface area contributed by atoms with Gasteiger partial charge in [0, 0.05) is 35.5 Å². The van der Waals surface area contributed by atoms with Gasteiger partial charge >= 0.3 is 0 Å². The quantitative estimate of drug-likeness (QED) is 0.488. The van der Waals surface area contributed by atoms with Crippen molar-refractivity contribution in [1.29, 1.82) is 0 Å². The molecule has 1 saturated heterocycles. The van der Waals surface area contributed by atoms with Gasteiger partial charge in [-0.25, -0.2) is 0 Å². The first-order chi connectivity index (χ1) is 15.0. The highest BCUT2D eigenvalue weighted by Crippen LogP contribution is 2.70. The summed E-state index contributed by atoms with van der Waals surface area (Å²) in [4.78, 5) is 13.6. The zero-order valence-electron chi connectivity index (χ0n) is 18.7. The first-order valence-electron chi connectivity index (χ1n) is 12.2. The van der Waals surface area contributed by atoms with E-state index in [-0.39, 0.29) is 16.8 Å². The maximum absolute atomic E-state index is 12.3. The summed E-state index contributed by atoms with van der Waals surface area (Å²) in [5.74, 6) is 2.05. The summed E-state index contributed by atoms with van der Waals surface area (Å²) < 4.78 is 6.39. The number of rotatable bonds is 2. The molecule has 31 heavy (non-hydrogen) atoms. The van der Waals surface area contributed by atoms with Gasteiger partial charge in [0.2, 0.25) is 0 Å². The van der Waals surface area contributed by atoms with Gasteiger partial charge in [0.25, 0.3) is 0 Å². The van der Waals surface area contributed by atoms with Crippen LogP contribution >= 0.6 is 11.8 Å². The second kappa shape index (κ2) is 7.20. The van der Waals surface area contributed by atoms with Gasteiger partial charge in [-0.2, -0.15) is 0 Å². The SMILES string of the molecule is CSc1ccc([C@H]2C[C@@]3(C)[C@@H](CCC34CCO4)[C@@H]3CCC4CC(=O)C(O)CC4=C32)cc1. The number of hydrogen-bond acceptors (Lipinski definition) is 4. The second-order valence-corrected chi connectivity index (χ2v) is 11.8. The van der Waals surface area contributed by atoms with Crippen LogP contribution in [0.1, 0.15) is 69.8 Å². The highest BCUT2D eigenvalue weighted by Gasteiger charge is 2.66. The highest BCUT2D eigenvalue weighted by molar-refractivity contribution is 7.98. The Labute approximate surface area is 190 Å². The lowest BCUT2D eigenvalue weighted by atomic mass is 9.49. The van der Waals surface area contributed by atoms with Crippen molar-refractivity contribution in [3.63, 3.8) is 0 Å².